The molecule has 3 heterocycles. The molecule has 26 heavy (non-hydrogen) atoms. The van der Waals surface area contributed by atoms with Crippen LogP contribution in [0, 0.1) is 5.92 Å². The highest BCUT2D eigenvalue weighted by Gasteiger charge is 2.27. The largest absolute Gasteiger partial charge is 0.376 e. The summed E-state index contributed by atoms with van der Waals surface area (Å²) in [5.74, 6) is 0.904. The lowest BCUT2D eigenvalue weighted by Crippen LogP contribution is -2.27. The summed E-state index contributed by atoms with van der Waals surface area (Å²) in [5, 5.41) is 10.1. The molecule has 2 aliphatic rings. The van der Waals surface area contributed by atoms with Crippen molar-refractivity contribution >= 4 is 17.2 Å². The number of nitrogens with one attached hydrogen (secondary N) is 1. The van der Waals surface area contributed by atoms with Crippen LogP contribution in [0.3, 0.4) is 0 Å². The Labute approximate surface area is 158 Å². The fourth-order valence-corrected chi connectivity index (χ4v) is 4.50. The van der Waals surface area contributed by atoms with Gasteiger partial charge in [-0.15, -0.1) is 11.3 Å². The maximum absolute atomic E-state index is 12.5. The molecular weight excluding hydrogens is 346 g/mol. The number of hydrogen-bond acceptors (Lipinski definition) is 4. The van der Waals surface area contributed by atoms with Gasteiger partial charge in [0, 0.05) is 41.9 Å². The Hall–Kier alpha value is -1.66. The van der Waals surface area contributed by atoms with Gasteiger partial charge in [0.2, 0.25) is 5.91 Å². The molecule has 0 spiro atoms. The number of amides is 1. The molecule has 1 saturated carbocycles. The highest BCUT2D eigenvalue weighted by molar-refractivity contribution is 7.10. The van der Waals surface area contributed by atoms with Gasteiger partial charge in [-0.25, -0.2) is 0 Å². The number of hydrogen-bond donors (Lipinski definition) is 1. The Balaban J connectivity index is 1.39. The first-order valence-corrected chi connectivity index (χ1v) is 10.6. The predicted octanol–water partition coefficient (Wildman–Crippen LogP) is 3.63. The summed E-state index contributed by atoms with van der Waals surface area (Å²) >= 11 is 1.70. The van der Waals surface area contributed by atoms with Crippen LogP contribution in [0.25, 0.3) is 0 Å². The van der Waals surface area contributed by atoms with E-state index >= 15 is 0 Å². The molecule has 1 unspecified atom stereocenters. The molecular formula is C20H27N3O2S. The summed E-state index contributed by atoms with van der Waals surface area (Å²) in [7, 11) is 0. The van der Waals surface area contributed by atoms with Gasteiger partial charge in [-0.2, -0.15) is 5.10 Å². The average molecular weight is 374 g/mol. The quantitative estimate of drug-likeness (QED) is 0.769. The summed E-state index contributed by atoms with van der Waals surface area (Å²) in [4.78, 5) is 13.7. The van der Waals surface area contributed by atoms with Gasteiger partial charge in [0.15, 0.2) is 0 Å². The number of fused-ring (bicyclic) bond motifs is 1. The van der Waals surface area contributed by atoms with E-state index in [4.69, 9.17) is 9.84 Å². The monoisotopic (exact) mass is 373 g/mol. The average Bonchev–Trinajstić information content (AvgIpc) is 3.18. The number of carbonyl (C=O) groups is 1. The number of aryl methyl sites for hydroxylation is 1. The van der Waals surface area contributed by atoms with Gasteiger partial charge >= 0.3 is 0 Å². The minimum Gasteiger partial charge on any atom is -0.376 e. The standard InChI is InChI=1S/C20H27N3O2S/c1-2-16(19-4-3-11-26-19)21-20(24)8-7-17-15-13-25-10-9-18(15)23(22-17)12-14-5-6-14/h3-4,11,14,16H,2,5-10,12-13H2,1H3,(H,21,24). The van der Waals surface area contributed by atoms with Crippen LogP contribution in [0.15, 0.2) is 17.5 Å². The third-order valence-electron chi connectivity index (χ3n) is 5.33. The van der Waals surface area contributed by atoms with Crippen LogP contribution in [0.1, 0.15) is 60.5 Å². The van der Waals surface area contributed by atoms with Crippen molar-refractivity contribution in [2.45, 2.75) is 64.6 Å². The van der Waals surface area contributed by atoms with E-state index in [1.807, 2.05) is 6.07 Å². The van der Waals surface area contributed by atoms with Gasteiger partial charge in [-0.05, 0) is 36.6 Å². The Morgan fingerprint density at radius 1 is 1.50 bits per heavy atom. The van der Waals surface area contributed by atoms with E-state index in [1.54, 1.807) is 11.3 Å². The zero-order valence-corrected chi connectivity index (χ0v) is 16.2. The Kier molecular flexibility index (Phi) is 5.41. The summed E-state index contributed by atoms with van der Waals surface area (Å²) < 4.78 is 7.85. The normalized spacial score (nSPS) is 17.7. The molecule has 2 aromatic rings. The molecule has 1 amide bonds. The van der Waals surface area contributed by atoms with Crippen molar-refractivity contribution in [1.82, 2.24) is 15.1 Å². The second-order valence-corrected chi connectivity index (χ2v) is 8.32. The van der Waals surface area contributed by atoms with Gasteiger partial charge in [0.05, 0.1) is 24.9 Å². The van der Waals surface area contributed by atoms with Crippen LogP contribution in [-0.2, 0) is 35.5 Å². The van der Waals surface area contributed by atoms with Gasteiger partial charge in [-0.3, -0.25) is 9.48 Å². The van der Waals surface area contributed by atoms with Crippen LogP contribution in [0.5, 0.6) is 0 Å². The summed E-state index contributed by atoms with van der Waals surface area (Å²) in [6.45, 7) is 4.56. The van der Waals surface area contributed by atoms with E-state index in [1.165, 1.54) is 29.0 Å². The van der Waals surface area contributed by atoms with E-state index in [-0.39, 0.29) is 11.9 Å². The van der Waals surface area contributed by atoms with E-state index in [0.717, 1.165) is 37.6 Å². The maximum atomic E-state index is 12.5. The first-order valence-electron chi connectivity index (χ1n) is 9.72. The lowest BCUT2D eigenvalue weighted by molar-refractivity contribution is -0.121. The van der Waals surface area contributed by atoms with Crippen molar-refractivity contribution < 1.29 is 9.53 Å². The molecule has 0 bridgehead atoms. The van der Waals surface area contributed by atoms with Crippen LogP contribution >= 0.6 is 11.3 Å². The first-order chi connectivity index (χ1) is 12.7. The SMILES string of the molecule is CCC(NC(=O)CCc1nn(CC2CC2)c2c1COCC2)c1cccs1. The second-order valence-electron chi connectivity index (χ2n) is 7.34. The Morgan fingerprint density at radius 3 is 3.12 bits per heavy atom. The highest BCUT2D eigenvalue weighted by atomic mass is 32.1. The molecule has 2 aromatic heterocycles. The van der Waals surface area contributed by atoms with Crippen LogP contribution in [0.2, 0.25) is 0 Å². The molecule has 4 rings (SSSR count). The smallest absolute Gasteiger partial charge is 0.220 e. The van der Waals surface area contributed by atoms with Crippen LogP contribution < -0.4 is 5.32 Å². The number of carbonyl (C=O) groups excluding carboxylic acids is 1. The van der Waals surface area contributed by atoms with Gasteiger partial charge in [0.1, 0.15) is 0 Å². The highest BCUT2D eigenvalue weighted by Crippen LogP contribution is 2.32. The van der Waals surface area contributed by atoms with Crippen molar-refractivity contribution in [3.63, 3.8) is 0 Å². The minimum atomic E-state index is 0.104. The maximum Gasteiger partial charge on any atom is 0.220 e. The summed E-state index contributed by atoms with van der Waals surface area (Å²) in [6.07, 6.45) is 5.67. The molecule has 5 nitrogen and oxygen atoms in total. The van der Waals surface area contributed by atoms with Crippen LogP contribution in [-0.4, -0.2) is 22.3 Å². The fourth-order valence-electron chi connectivity index (χ4n) is 3.64. The zero-order valence-electron chi connectivity index (χ0n) is 15.4. The first kappa shape index (κ1) is 17.7. The van der Waals surface area contributed by atoms with Gasteiger partial charge in [0.25, 0.3) is 0 Å². The molecule has 1 aliphatic heterocycles. The molecule has 0 saturated heterocycles. The van der Waals surface area contributed by atoms with E-state index in [2.05, 4.69) is 28.4 Å². The van der Waals surface area contributed by atoms with Crippen molar-refractivity contribution in [3.8, 4) is 0 Å². The van der Waals surface area contributed by atoms with E-state index in [9.17, 15) is 4.79 Å². The van der Waals surface area contributed by atoms with Crippen LogP contribution in [0.4, 0.5) is 0 Å². The van der Waals surface area contributed by atoms with Crippen molar-refractivity contribution in [2.75, 3.05) is 6.61 Å². The lowest BCUT2D eigenvalue weighted by Gasteiger charge is -2.16. The molecule has 1 fully saturated rings. The van der Waals surface area contributed by atoms with Crippen molar-refractivity contribution in [3.05, 3.63) is 39.3 Å². The number of ether oxygens (including phenoxy) is 1. The summed E-state index contributed by atoms with van der Waals surface area (Å²) in [6, 6.07) is 4.24. The fraction of sp³-hybridized carbons (Fsp3) is 0.600. The lowest BCUT2D eigenvalue weighted by atomic mass is 10.1. The van der Waals surface area contributed by atoms with Gasteiger partial charge in [-0.1, -0.05) is 13.0 Å². The zero-order chi connectivity index (χ0) is 17.9. The third-order valence-corrected chi connectivity index (χ3v) is 6.31. The molecule has 1 atom stereocenters. The third kappa shape index (κ3) is 4.01. The molecule has 0 radical (unpaired) electrons. The topological polar surface area (TPSA) is 56.2 Å². The van der Waals surface area contributed by atoms with Crippen molar-refractivity contribution in [1.29, 1.82) is 0 Å². The van der Waals surface area contributed by atoms with E-state index < -0.39 is 0 Å². The van der Waals surface area contributed by atoms with E-state index in [0.29, 0.717) is 19.4 Å². The minimum absolute atomic E-state index is 0.104. The molecule has 6 heteroatoms. The number of nitrogens with zero attached hydrogens (tertiary/aromatic N) is 2. The molecule has 1 N–H and O–H groups in total. The number of thiophene rings is 1. The number of rotatable bonds is 8. The summed E-state index contributed by atoms with van der Waals surface area (Å²) in [5.41, 5.74) is 3.62. The molecule has 0 aromatic carbocycles. The molecule has 1 aliphatic carbocycles. The second kappa shape index (κ2) is 7.92. The van der Waals surface area contributed by atoms with Gasteiger partial charge < -0.3 is 10.1 Å². The number of aromatic nitrogens is 2. The Bertz CT molecular complexity index is 749. The predicted molar refractivity (Wildman–Crippen MR) is 102 cm³/mol. The Morgan fingerprint density at radius 2 is 2.38 bits per heavy atom. The van der Waals surface area contributed by atoms with Crippen molar-refractivity contribution in [2.24, 2.45) is 5.92 Å². The molecule has 140 valence electrons.